The number of nitrogens with one attached hydrogen (secondary N) is 1. The minimum Gasteiger partial charge on any atom is -0.362 e. The van der Waals surface area contributed by atoms with E-state index in [4.69, 9.17) is 0 Å². The molecular formula is C16H21FN4S. The van der Waals surface area contributed by atoms with Gasteiger partial charge in [0.25, 0.3) is 0 Å². The molecule has 1 N–H and O–H groups in total. The van der Waals surface area contributed by atoms with E-state index < -0.39 is 0 Å². The first kappa shape index (κ1) is 15.4. The molecule has 0 bridgehead atoms. The molecule has 1 aromatic heterocycles. The average molecular weight is 320 g/mol. The fraction of sp³-hybridized carbons (Fsp3) is 0.438. The van der Waals surface area contributed by atoms with Crippen molar-refractivity contribution in [3.8, 4) is 0 Å². The fourth-order valence-corrected chi connectivity index (χ4v) is 3.66. The van der Waals surface area contributed by atoms with Crippen LogP contribution in [0, 0.1) is 5.82 Å². The maximum Gasteiger partial charge on any atom is 0.148 e. The van der Waals surface area contributed by atoms with Gasteiger partial charge in [0, 0.05) is 29.5 Å². The van der Waals surface area contributed by atoms with E-state index in [-0.39, 0.29) is 11.9 Å². The zero-order valence-electron chi connectivity index (χ0n) is 12.9. The van der Waals surface area contributed by atoms with Gasteiger partial charge in [-0.2, -0.15) is 5.10 Å². The summed E-state index contributed by atoms with van der Waals surface area (Å²) in [6.45, 7) is 1.82. The number of hydrogen-bond donors (Lipinski definition) is 1. The zero-order valence-corrected chi connectivity index (χ0v) is 13.7. The Bertz CT molecular complexity index is 641. The lowest BCUT2D eigenvalue weighted by molar-refractivity contribution is 0.373. The highest BCUT2D eigenvalue weighted by Gasteiger charge is 2.21. The van der Waals surface area contributed by atoms with Crippen LogP contribution in [0.1, 0.15) is 18.0 Å². The van der Waals surface area contributed by atoms with Crippen LogP contribution in [0.5, 0.6) is 0 Å². The summed E-state index contributed by atoms with van der Waals surface area (Å²) in [6, 6.07) is 7.16. The highest BCUT2D eigenvalue weighted by molar-refractivity contribution is 7.99. The monoisotopic (exact) mass is 320 g/mol. The first-order valence-corrected chi connectivity index (χ1v) is 8.47. The van der Waals surface area contributed by atoms with Crippen molar-refractivity contribution in [1.82, 2.24) is 14.7 Å². The van der Waals surface area contributed by atoms with E-state index in [1.807, 2.05) is 37.1 Å². The van der Waals surface area contributed by atoms with Gasteiger partial charge in [-0.1, -0.05) is 0 Å². The van der Waals surface area contributed by atoms with Crippen molar-refractivity contribution in [2.45, 2.75) is 23.9 Å². The smallest absolute Gasteiger partial charge is 0.148 e. The molecule has 1 aliphatic heterocycles. The van der Waals surface area contributed by atoms with Crippen molar-refractivity contribution in [3.05, 3.63) is 41.8 Å². The third kappa shape index (κ3) is 3.62. The van der Waals surface area contributed by atoms with E-state index >= 15 is 0 Å². The van der Waals surface area contributed by atoms with E-state index in [2.05, 4.69) is 15.3 Å². The quantitative estimate of drug-likeness (QED) is 0.917. The summed E-state index contributed by atoms with van der Waals surface area (Å²) in [6.07, 6.45) is 2.96. The van der Waals surface area contributed by atoms with E-state index in [1.165, 1.54) is 6.07 Å². The van der Waals surface area contributed by atoms with Crippen LogP contribution < -0.4 is 5.32 Å². The van der Waals surface area contributed by atoms with Gasteiger partial charge >= 0.3 is 0 Å². The van der Waals surface area contributed by atoms with Crippen molar-refractivity contribution in [1.29, 1.82) is 0 Å². The SMILES string of the molecule is CN(C)CCn1ccc(NC2CCSc3ccc(F)cc32)n1. The van der Waals surface area contributed by atoms with Crippen LogP contribution in [0.25, 0.3) is 0 Å². The molecule has 1 aromatic carbocycles. The van der Waals surface area contributed by atoms with Crippen LogP contribution in [0.4, 0.5) is 10.2 Å². The maximum atomic E-state index is 13.5. The van der Waals surface area contributed by atoms with Gasteiger partial charge in [-0.05, 0) is 44.3 Å². The molecule has 4 nitrogen and oxygen atoms in total. The second-order valence-corrected chi connectivity index (χ2v) is 6.92. The van der Waals surface area contributed by atoms with Crippen LogP contribution >= 0.6 is 11.8 Å². The Morgan fingerprint density at radius 2 is 2.27 bits per heavy atom. The van der Waals surface area contributed by atoms with Gasteiger partial charge in [-0.15, -0.1) is 11.8 Å². The van der Waals surface area contributed by atoms with Crippen molar-refractivity contribution in [2.75, 3.05) is 31.7 Å². The number of fused-ring (bicyclic) bond motifs is 1. The molecule has 2 heterocycles. The molecule has 0 saturated carbocycles. The number of hydrogen-bond acceptors (Lipinski definition) is 4. The fourth-order valence-electron chi connectivity index (χ4n) is 2.56. The van der Waals surface area contributed by atoms with E-state index in [1.54, 1.807) is 17.8 Å². The number of nitrogens with zero attached hydrogens (tertiary/aromatic N) is 3. The summed E-state index contributed by atoms with van der Waals surface area (Å²) in [4.78, 5) is 3.30. The molecular weight excluding hydrogens is 299 g/mol. The molecule has 118 valence electrons. The number of likely N-dealkylation sites (N-methyl/N-ethyl adjacent to an activating group) is 1. The number of halogens is 1. The zero-order chi connectivity index (χ0) is 15.5. The molecule has 2 aromatic rings. The number of thioether (sulfide) groups is 1. The minimum absolute atomic E-state index is 0.129. The Kier molecular flexibility index (Phi) is 4.69. The van der Waals surface area contributed by atoms with Gasteiger partial charge in [-0.3, -0.25) is 4.68 Å². The van der Waals surface area contributed by atoms with Crippen LogP contribution in [0.15, 0.2) is 35.4 Å². The summed E-state index contributed by atoms with van der Waals surface area (Å²) in [7, 11) is 4.10. The topological polar surface area (TPSA) is 33.1 Å². The lowest BCUT2D eigenvalue weighted by atomic mass is 10.0. The second kappa shape index (κ2) is 6.71. The van der Waals surface area contributed by atoms with Crippen molar-refractivity contribution in [3.63, 3.8) is 0 Å². The van der Waals surface area contributed by atoms with Crippen molar-refractivity contribution in [2.24, 2.45) is 0 Å². The highest BCUT2D eigenvalue weighted by atomic mass is 32.2. The lowest BCUT2D eigenvalue weighted by Gasteiger charge is -2.25. The molecule has 0 spiro atoms. The molecule has 1 unspecified atom stereocenters. The Balaban J connectivity index is 1.71. The number of anilines is 1. The van der Waals surface area contributed by atoms with Crippen LogP contribution in [0.3, 0.4) is 0 Å². The molecule has 0 radical (unpaired) electrons. The molecule has 1 aliphatic rings. The second-order valence-electron chi connectivity index (χ2n) is 5.78. The molecule has 0 aliphatic carbocycles. The average Bonchev–Trinajstić information content (AvgIpc) is 2.93. The Labute approximate surface area is 134 Å². The van der Waals surface area contributed by atoms with Crippen LogP contribution in [0.2, 0.25) is 0 Å². The van der Waals surface area contributed by atoms with Gasteiger partial charge in [-0.25, -0.2) is 4.39 Å². The molecule has 3 rings (SSSR count). The van der Waals surface area contributed by atoms with Gasteiger partial charge in [0.2, 0.25) is 0 Å². The molecule has 22 heavy (non-hydrogen) atoms. The maximum absolute atomic E-state index is 13.5. The van der Waals surface area contributed by atoms with E-state index in [0.29, 0.717) is 0 Å². The molecule has 0 fully saturated rings. The van der Waals surface area contributed by atoms with Crippen LogP contribution in [-0.4, -0.2) is 41.1 Å². The normalized spacial score (nSPS) is 17.5. The molecule has 0 amide bonds. The summed E-state index contributed by atoms with van der Waals surface area (Å²) >= 11 is 1.79. The largest absolute Gasteiger partial charge is 0.362 e. The number of aromatic nitrogens is 2. The highest BCUT2D eigenvalue weighted by Crippen LogP contribution is 2.37. The number of benzene rings is 1. The first-order chi connectivity index (χ1) is 10.6. The standard InChI is InChI=1S/C16H21FN4S/c1-20(2)8-9-21-7-5-16(19-21)18-14-6-10-22-15-4-3-12(17)11-13(14)15/h3-5,7,11,14H,6,8-10H2,1-2H3,(H,18,19). The lowest BCUT2D eigenvalue weighted by Crippen LogP contribution is -2.19. The van der Waals surface area contributed by atoms with Crippen molar-refractivity contribution < 1.29 is 4.39 Å². The predicted octanol–water partition coefficient (Wildman–Crippen LogP) is 3.23. The predicted molar refractivity (Wildman–Crippen MR) is 88.9 cm³/mol. The Morgan fingerprint density at radius 1 is 1.41 bits per heavy atom. The molecule has 0 saturated heterocycles. The molecule has 6 heteroatoms. The summed E-state index contributed by atoms with van der Waals surface area (Å²) in [5.41, 5.74) is 1.04. The summed E-state index contributed by atoms with van der Waals surface area (Å²) in [5.74, 6) is 1.72. The number of rotatable bonds is 5. The summed E-state index contributed by atoms with van der Waals surface area (Å²) < 4.78 is 15.5. The van der Waals surface area contributed by atoms with Crippen LogP contribution in [-0.2, 0) is 6.54 Å². The minimum atomic E-state index is -0.176. The first-order valence-electron chi connectivity index (χ1n) is 7.49. The van der Waals surface area contributed by atoms with Gasteiger partial charge in [0.05, 0.1) is 12.6 Å². The van der Waals surface area contributed by atoms with Crippen molar-refractivity contribution >= 4 is 17.6 Å². The third-order valence-electron chi connectivity index (χ3n) is 3.75. The van der Waals surface area contributed by atoms with E-state index in [9.17, 15) is 4.39 Å². The summed E-state index contributed by atoms with van der Waals surface area (Å²) in [5, 5.41) is 8.00. The third-order valence-corrected chi connectivity index (χ3v) is 4.87. The Hall–Kier alpha value is -1.53. The van der Waals surface area contributed by atoms with Gasteiger partial charge in [0.1, 0.15) is 11.6 Å². The molecule has 1 atom stereocenters. The van der Waals surface area contributed by atoms with Gasteiger partial charge < -0.3 is 10.2 Å². The van der Waals surface area contributed by atoms with Gasteiger partial charge in [0.15, 0.2) is 0 Å². The van der Waals surface area contributed by atoms with E-state index in [0.717, 1.165) is 41.5 Å². The Morgan fingerprint density at radius 3 is 3.09 bits per heavy atom.